The minimum atomic E-state index is -0.189. The standard InChI is InChI=1S/C18H35NO2/c1-2-3-4-11-14-17(20)15-12-9-7-5-6-8-10-13-16-18(19)21/h9,12,17,20H,2-8,10-11,13-16H2,1H3,(H2,19,21)/b12-9-/t17-/m1/s1. The molecule has 0 spiro atoms. The first-order valence-electron chi connectivity index (χ1n) is 8.78. The quantitative estimate of drug-likeness (QED) is 0.346. The molecule has 21 heavy (non-hydrogen) atoms. The van der Waals surface area contributed by atoms with Crippen LogP contribution in [0, 0.1) is 0 Å². The van der Waals surface area contributed by atoms with Crippen molar-refractivity contribution in [2.24, 2.45) is 5.73 Å². The first-order valence-corrected chi connectivity index (χ1v) is 8.78. The maximum Gasteiger partial charge on any atom is 0.217 e. The van der Waals surface area contributed by atoms with Crippen LogP contribution in [0.5, 0.6) is 0 Å². The van der Waals surface area contributed by atoms with Crippen LogP contribution in [0.25, 0.3) is 0 Å². The van der Waals surface area contributed by atoms with E-state index in [1.54, 1.807) is 0 Å². The van der Waals surface area contributed by atoms with Crippen LogP contribution in [0.2, 0.25) is 0 Å². The van der Waals surface area contributed by atoms with Gasteiger partial charge in [-0.3, -0.25) is 4.79 Å². The molecule has 1 amide bonds. The average Bonchev–Trinajstić information content (AvgIpc) is 2.45. The molecular formula is C18H35NO2. The third-order valence-electron chi connectivity index (χ3n) is 3.76. The topological polar surface area (TPSA) is 63.3 Å². The van der Waals surface area contributed by atoms with Crippen molar-refractivity contribution in [3.8, 4) is 0 Å². The number of aliphatic hydroxyl groups is 1. The number of aliphatic hydroxyl groups excluding tert-OH is 1. The molecule has 0 aromatic rings. The lowest BCUT2D eigenvalue weighted by Crippen LogP contribution is -2.09. The van der Waals surface area contributed by atoms with Crippen LogP contribution in [0.1, 0.15) is 90.4 Å². The van der Waals surface area contributed by atoms with E-state index in [0.717, 1.165) is 38.5 Å². The zero-order valence-electron chi connectivity index (χ0n) is 13.9. The van der Waals surface area contributed by atoms with Gasteiger partial charge in [-0.2, -0.15) is 0 Å². The first-order chi connectivity index (χ1) is 10.2. The molecule has 1 atom stereocenters. The molecule has 0 aromatic carbocycles. The first kappa shape index (κ1) is 20.2. The summed E-state index contributed by atoms with van der Waals surface area (Å²) in [6.07, 6.45) is 18.0. The highest BCUT2D eigenvalue weighted by Gasteiger charge is 2.00. The van der Waals surface area contributed by atoms with E-state index in [1.165, 1.54) is 38.5 Å². The van der Waals surface area contributed by atoms with Crippen molar-refractivity contribution in [3.05, 3.63) is 12.2 Å². The second kappa shape index (κ2) is 15.6. The Morgan fingerprint density at radius 1 is 1.00 bits per heavy atom. The third kappa shape index (κ3) is 17.1. The van der Waals surface area contributed by atoms with Gasteiger partial charge >= 0.3 is 0 Å². The number of carbonyl (C=O) groups is 1. The van der Waals surface area contributed by atoms with Gasteiger partial charge < -0.3 is 10.8 Å². The molecule has 0 fully saturated rings. The predicted octanol–water partition coefficient (Wildman–Crippen LogP) is 4.48. The molecule has 3 N–H and O–H groups in total. The summed E-state index contributed by atoms with van der Waals surface area (Å²) in [5.74, 6) is -0.189. The highest BCUT2D eigenvalue weighted by atomic mass is 16.3. The SMILES string of the molecule is CCCCCC[C@@H](O)C/C=C\CCCCCCCC(N)=O. The molecule has 0 saturated carbocycles. The van der Waals surface area contributed by atoms with Gasteiger partial charge in [0.05, 0.1) is 6.10 Å². The van der Waals surface area contributed by atoms with Crippen LogP contribution in [0.4, 0.5) is 0 Å². The van der Waals surface area contributed by atoms with Gasteiger partial charge in [-0.1, -0.05) is 64.0 Å². The lowest BCUT2D eigenvalue weighted by atomic mass is 10.1. The normalized spacial score (nSPS) is 12.9. The number of allylic oxidation sites excluding steroid dienone is 1. The van der Waals surface area contributed by atoms with Crippen molar-refractivity contribution in [2.75, 3.05) is 0 Å². The lowest BCUT2D eigenvalue weighted by molar-refractivity contribution is -0.118. The van der Waals surface area contributed by atoms with Crippen molar-refractivity contribution in [1.29, 1.82) is 0 Å². The summed E-state index contributed by atoms with van der Waals surface area (Å²) in [7, 11) is 0. The summed E-state index contributed by atoms with van der Waals surface area (Å²) in [5, 5.41) is 9.80. The highest BCUT2D eigenvalue weighted by Crippen LogP contribution is 2.10. The molecule has 3 nitrogen and oxygen atoms in total. The van der Waals surface area contributed by atoms with Gasteiger partial charge in [-0.25, -0.2) is 0 Å². The molecule has 0 aliphatic carbocycles. The van der Waals surface area contributed by atoms with Crippen LogP contribution >= 0.6 is 0 Å². The monoisotopic (exact) mass is 297 g/mol. The van der Waals surface area contributed by atoms with Crippen molar-refractivity contribution in [3.63, 3.8) is 0 Å². The second-order valence-corrected chi connectivity index (χ2v) is 5.98. The largest absolute Gasteiger partial charge is 0.393 e. The Balaban J connectivity index is 3.26. The molecule has 0 unspecified atom stereocenters. The molecule has 0 bridgehead atoms. The van der Waals surface area contributed by atoms with Gasteiger partial charge in [-0.05, 0) is 32.1 Å². The Morgan fingerprint density at radius 2 is 1.67 bits per heavy atom. The van der Waals surface area contributed by atoms with Gasteiger partial charge in [0.2, 0.25) is 5.91 Å². The van der Waals surface area contributed by atoms with E-state index >= 15 is 0 Å². The third-order valence-corrected chi connectivity index (χ3v) is 3.76. The molecular weight excluding hydrogens is 262 g/mol. The van der Waals surface area contributed by atoms with Crippen molar-refractivity contribution in [2.45, 2.75) is 96.5 Å². The van der Waals surface area contributed by atoms with Gasteiger partial charge in [-0.15, -0.1) is 0 Å². The number of rotatable bonds is 15. The predicted molar refractivity (Wildman–Crippen MR) is 90.0 cm³/mol. The molecule has 0 aliphatic rings. The van der Waals surface area contributed by atoms with Gasteiger partial charge in [0.25, 0.3) is 0 Å². The lowest BCUT2D eigenvalue weighted by Gasteiger charge is -2.07. The summed E-state index contributed by atoms with van der Waals surface area (Å²) in [6, 6.07) is 0. The maximum absolute atomic E-state index is 10.6. The minimum absolute atomic E-state index is 0.160. The van der Waals surface area contributed by atoms with Gasteiger partial charge in [0.1, 0.15) is 0 Å². The highest BCUT2D eigenvalue weighted by molar-refractivity contribution is 5.73. The zero-order chi connectivity index (χ0) is 15.8. The number of carbonyl (C=O) groups excluding carboxylic acids is 1. The van der Waals surface area contributed by atoms with Crippen LogP contribution in [0.3, 0.4) is 0 Å². The molecule has 3 heteroatoms. The van der Waals surface area contributed by atoms with E-state index in [4.69, 9.17) is 5.73 Å². The van der Waals surface area contributed by atoms with E-state index < -0.39 is 0 Å². The van der Waals surface area contributed by atoms with E-state index in [0.29, 0.717) is 6.42 Å². The van der Waals surface area contributed by atoms with E-state index in [1.807, 2.05) is 0 Å². The molecule has 0 aromatic heterocycles. The summed E-state index contributed by atoms with van der Waals surface area (Å²) >= 11 is 0. The maximum atomic E-state index is 10.6. The Morgan fingerprint density at radius 3 is 2.38 bits per heavy atom. The summed E-state index contributed by atoms with van der Waals surface area (Å²) in [6.45, 7) is 2.21. The summed E-state index contributed by atoms with van der Waals surface area (Å²) in [5.41, 5.74) is 5.09. The van der Waals surface area contributed by atoms with E-state index in [-0.39, 0.29) is 12.0 Å². The molecule has 0 heterocycles. The number of primary amides is 1. The second-order valence-electron chi connectivity index (χ2n) is 5.98. The van der Waals surface area contributed by atoms with Crippen molar-refractivity contribution < 1.29 is 9.90 Å². The van der Waals surface area contributed by atoms with Gasteiger partial charge in [0.15, 0.2) is 0 Å². The van der Waals surface area contributed by atoms with E-state index in [2.05, 4.69) is 19.1 Å². The number of amides is 1. The Labute approximate surface area is 131 Å². The Hall–Kier alpha value is -0.830. The molecule has 0 aliphatic heterocycles. The van der Waals surface area contributed by atoms with Crippen LogP contribution < -0.4 is 5.73 Å². The van der Waals surface area contributed by atoms with E-state index in [9.17, 15) is 9.90 Å². The Kier molecular flexibility index (Phi) is 14.9. The number of hydrogen-bond donors (Lipinski definition) is 2. The molecule has 124 valence electrons. The fourth-order valence-electron chi connectivity index (χ4n) is 2.39. The van der Waals surface area contributed by atoms with Crippen LogP contribution in [-0.4, -0.2) is 17.1 Å². The number of hydrogen-bond acceptors (Lipinski definition) is 2. The molecule has 0 radical (unpaired) electrons. The average molecular weight is 297 g/mol. The summed E-state index contributed by atoms with van der Waals surface area (Å²) in [4.78, 5) is 10.6. The van der Waals surface area contributed by atoms with Gasteiger partial charge in [0, 0.05) is 6.42 Å². The minimum Gasteiger partial charge on any atom is -0.393 e. The zero-order valence-corrected chi connectivity index (χ0v) is 13.9. The number of unbranched alkanes of at least 4 members (excludes halogenated alkanes) is 8. The van der Waals surface area contributed by atoms with Crippen molar-refractivity contribution in [1.82, 2.24) is 0 Å². The summed E-state index contributed by atoms with van der Waals surface area (Å²) < 4.78 is 0. The molecule has 0 rings (SSSR count). The Bertz CT molecular complexity index is 264. The van der Waals surface area contributed by atoms with Crippen LogP contribution in [0.15, 0.2) is 12.2 Å². The van der Waals surface area contributed by atoms with Crippen LogP contribution in [-0.2, 0) is 4.79 Å². The number of nitrogens with two attached hydrogens (primary N) is 1. The van der Waals surface area contributed by atoms with Crippen molar-refractivity contribution >= 4 is 5.91 Å². The fraction of sp³-hybridized carbons (Fsp3) is 0.833. The fourth-order valence-corrected chi connectivity index (χ4v) is 2.39. The smallest absolute Gasteiger partial charge is 0.217 e. The molecule has 0 saturated heterocycles.